The van der Waals surface area contributed by atoms with Gasteiger partial charge in [0.2, 0.25) is 5.91 Å². The fraction of sp³-hybridized carbons (Fsp3) is 0.143. The molecule has 0 saturated carbocycles. The molecule has 132 valence electrons. The number of pyridine rings is 1. The van der Waals surface area contributed by atoms with E-state index < -0.39 is 11.7 Å². The van der Waals surface area contributed by atoms with Gasteiger partial charge in [0.25, 0.3) is 0 Å². The Morgan fingerprint density at radius 2 is 1.81 bits per heavy atom. The van der Waals surface area contributed by atoms with Gasteiger partial charge in [0.05, 0.1) is 5.92 Å². The number of aromatic nitrogens is 1. The Hall–Kier alpha value is -2.72. The summed E-state index contributed by atoms with van der Waals surface area (Å²) in [6.07, 6.45) is 1.77. The van der Waals surface area contributed by atoms with E-state index in [1.165, 1.54) is 12.1 Å². The second kappa shape index (κ2) is 7.67. The lowest BCUT2D eigenvalue weighted by molar-refractivity contribution is -0.117. The van der Waals surface area contributed by atoms with Gasteiger partial charge in [0, 0.05) is 22.6 Å². The van der Waals surface area contributed by atoms with Crippen LogP contribution in [0, 0.1) is 12.7 Å². The molecule has 0 fully saturated rings. The monoisotopic (exact) mass is 368 g/mol. The summed E-state index contributed by atoms with van der Waals surface area (Å²) in [5.41, 5.74) is 4.27. The third-order valence-corrected chi connectivity index (χ3v) is 4.38. The molecule has 1 heterocycles. The average Bonchev–Trinajstić information content (AvgIpc) is 2.61. The van der Waals surface area contributed by atoms with Crippen molar-refractivity contribution in [3.63, 3.8) is 0 Å². The molecule has 0 unspecified atom stereocenters. The summed E-state index contributed by atoms with van der Waals surface area (Å²) >= 11 is 5.87. The van der Waals surface area contributed by atoms with Crippen LogP contribution >= 0.6 is 11.6 Å². The first-order valence-corrected chi connectivity index (χ1v) is 8.60. The van der Waals surface area contributed by atoms with Crippen molar-refractivity contribution in [3.8, 4) is 11.1 Å². The van der Waals surface area contributed by atoms with Gasteiger partial charge >= 0.3 is 0 Å². The van der Waals surface area contributed by atoms with E-state index in [0.717, 1.165) is 16.8 Å². The van der Waals surface area contributed by atoms with Gasteiger partial charge in [-0.1, -0.05) is 23.7 Å². The van der Waals surface area contributed by atoms with E-state index in [1.54, 1.807) is 19.2 Å². The zero-order valence-electron chi connectivity index (χ0n) is 14.5. The first kappa shape index (κ1) is 18.1. The maximum absolute atomic E-state index is 13.5. The van der Waals surface area contributed by atoms with Gasteiger partial charge in [-0.25, -0.2) is 4.39 Å². The average molecular weight is 369 g/mol. The third kappa shape index (κ3) is 4.27. The molecule has 3 nitrogen and oxygen atoms in total. The minimum absolute atomic E-state index is 0.223. The van der Waals surface area contributed by atoms with Crippen molar-refractivity contribution < 1.29 is 9.18 Å². The Balaban J connectivity index is 1.73. The first-order valence-electron chi connectivity index (χ1n) is 8.22. The van der Waals surface area contributed by atoms with Gasteiger partial charge < -0.3 is 5.32 Å². The van der Waals surface area contributed by atoms with Crippen molar-refractivity contribution in [2.75, 3.05) is 5.32 Å². The number of halogens is 2. The molecule has 1 atom stereocenters. The zero-order valence-corrected chi connectivity index (χ0v) is 15.2. The van der Waals surface area contributed by atoms with Crippen molar-refractivity contribution in [1.82, 2.24) is 4.98 Å². The van der Waals surface area contributed by atoms with E-state index in [4.69, 9.17) is 11.6 Å². The van der Waals surface area contributed by atoms with Crippen LogP contribution in [0.1, 0.15) is 24.1 Å². The van der Waals surface area contributed by atoms with Crippen LogP contribution in [0.4, 0.5) is 10.1 Å². The van der Waals surface area contributed by atoms with Crippen molar-refractivity contribution >= 4 is 23.2 Å². The van der Waals surface area contributed by atoms with E-state index in [0.29, 0.717) is 11.3 Å². The van der Waals surface area contributed by atoms with Crippen LogP contribution in [0.5, 0.6) is 0 Å². The maximum Gasteiger partial charge on any atom is 0.231 e. The summed E-state index contributed by atoms with van der Waals surface area (Å²) in [5, 5.41) is 3.13. The molecule has 0 aliphatic carbocycles. The number of benzene rings is 2. The first-order chi connectivity index (χ1) is 12.4. The molecule has 26 heavy (non-hydrogen) atoms. The largest absolute Gasteiger partial charge is 0.326 e. The van der Waals surface area contributed by atoms with E-state index in [-0.39, 0.29) is 10.9 Å². The molecule has 0 bridgehead atoms. The number of rotatable bonds is 4. The second-order valence-electron chi connectivity index (χ2n) is 6.18. The molecular weight excluding hydrogens is 351 g/mol. The topological polar surface area (TPSA) is 42.0 Å². The minimum atomic E-state index is -0.522. The lowest BCUT2D eigenvalue weighted by Gasteiger charge is -2.13. The number of hydrogen-bond donors (Lipinski definition) is 1. The molecule has 1 N–H and O–H groups in total. The number of anilines is 1. The highest BCUT2D eigenvalue weighted by Gasteiger charge is 2.17. The molecule has 2 aromatic carbocycles. The number of aryl methyl sites for hydroxylation is 1. The number of nitrogens with zero attached hydrogens (tertiary/aromatic N) is 1. The third-order valence-electron chi connectivity index (χ3n) is 4.16. The summed E-state index contributed by atoms with van der Waals surface area (Å²) in [6, 6.07) is 15.6. The fourth-order valence-corrected chi connectivity index (χ4v) is 2.93. The van der Waals surface area contributed by atoms with E-state index in [1.807, 2.05) is 43.3 Å². The Morgan fingerprint density at radius 1 is 1.08 bits per heavy atom. The quantitative estimate of drug-likeness (QED) is 0.652. The van der Waals surface area contributed by atoms with Gasteiger partial charge in [0.1, 0.15) is 5.82 Å². The Morgan fingerprint density at radius 3 is 2.46 bits per heavy atom. The summed E-state index contributed by atoms with van der Waals surface area (Å²) in [5.74, 6) is -1.20. The Labute approximate surface area is 156 Å². The van der Waals surface area contributed by atoms with Gasteiger partial charge in [-0.15, -0.1) is 0 Å². The van der Waals surface area contributed by atoms with Crippen LogP contribution in [0.2, 0.25) is 5.02 Å². The summed E-state index contributed by atoms with van der Waals surface area (Å²) in [6.45, 7) is 3.66. The number of carbonyl (C=O) groups is 1. The van der Waals surface area contributed by atoms with Crippen LogP contribution in [-0.4, -0.2) is 10.9 Å². The standard InChI is InChI=1S/C21H18ClFN2O/c1-13-9-16(7-8-24-13)15-3-5-20(6-4-15)25-21(26)14(2)17-10-18(22)12-19(23)11-17/h3-12,14H,1-2H3,(H,25,26)/t14-/m0/s1. The zero-order chi connectivity index (χ0) is 18.7. The number of carbonyl (C=O) groups excluding carboxylic acids is 1. The number of amides is 1. The molecule has 0 saturated heterocycles. The molecule has 3 rings (SSSR count). The van der Waals surface area contributed by atoms with Crippen LogP contribution in [0.25, 0.3) is 11.1 Å². The highest BCUT2D eigenvalue weighted by molar-refractivity contribution is 6.30. The highest BCUT2D eigenvalue weighted by atomic mass is 35.5. The van der Waals surface area contributed by atoms with E-state index >= 15 is 0 Å². The fourth-order valence-electron chi connectivity index (χ4n) is 2.70. The van der Waals surface area contributed by atoms with E-state index in [9.17, 15) is 9.18 Å². The van der Waals surface area contributed by atoms with Gasteiger partial charge in [-0.05, 0) is 73.0 Å². The summed E-state index contributed by atoms with van der Waals surface area (Å²) in [4.78, 5) is 16.6. The van der Waals surface area contributed by atoms with Gasteiger partial charge in [0.15, 0.2) is 0 Å². The van der Waals surface area contributed by atoms with Crippen LogP contribution < -0.4 is 5.32 Å². The predicted octanol–water partition coefficient (Wildman–Crippen LogP) is 5.59. The van der Waals surface area contributed by atoms with Crippen LogP contribution in [0.15, 0.2) is 60.8 Å². The summed E-state index contributed by atoms with van der Waals surface area (Å²) < 4.78 is 13.5. The van der Waals surface area contributed by atoms with Crippen LogP contribution in [-0.2, 0) is 4.79 Å². The van der Waals surface area contributed by atoms with Crippen molar-refractivity contribution in [2.45, 2.75) is 19.8 Å². The smallest absolute Gasteiger partial charge is 0.231 e. The molecule has 0 radical (unpaired) electrons. The molecule has 1 aromatic heterocycles. The van der Waals surface area contributed by atoms with Crippen molar-refractivity contribution in [3.05, 3.63) is 82.9 Å². The molecule has 1 amide bonds. The SMILES string of the molecule is Cc1cc(-c2ccc(NC(=O)[C@@H](C)c3cc(F)cc(Cl)c3)cc2)ccn1. The molecular formula is C21H18ClFN2O. The molecule has 0 aliphatic rings. The Bertz CT molecular complexity index is 921. The number of nitrogens with one attached hydrogen (secondary N) is 1. The second-order valence-corrected chi connectivity index (χ2v) is 6.61. The van der Waals surface area contributed by atoms with Crippen molar-refractivity contribution in [2.24, 2.45) is 0 Å². The molecule has 3 aromatic rings. The highest BCUT2D eigenvalue weighted by Crippen LogP contribution is 2.25. The minimum Gasteiger partial charge on any atom is -0.326 e. The molecule has 5 heteroatoms. The lowest BCUT2D eigenvalue weighted by Crippen LogP contribution is -2.19. The lowest BCUT2D eigenvalue weighted by atomic mass is 10.00. The Kier molecular flexibility index (Phi) is 5.33. The molecule has 0 aliphatic heterocycles. The maximum atomic E-state index is 13.5. The van der Waals surface area contributed by atoms with Gasteiger partial charge in [-0.2, -0.15) is 0 Å². The van der Waals surface area contributed by atoms with Gasteiger partial charge in [-0.3, -0.25) is 9.78 Å². The van der Waals surface area contributed by atoms with Crippen LogP contribution in [0.3, 0.4) is 0 Å². The summed E-state index contributed by atoms with van der Waals surface area (Å²) in [7, 11) is 0. The van der Waals surface area contributed by atoms with E-state index in [2.05, 4.69) is 10.3 Å². The predicted molar refractivity (Wildman–Crippen MR) is 103 cm³/mol. The number of hydrogen-bond acceptors (Lipinski definition) is 2. The molecule has 0 spiro atoms. The van der Waals surface area contributed by atoms with Crippen molar-refractivity contribution in [1.29, 1.82) is 0 Å². The normalized spacial score (nSPS) is 11.8.